The van der Waals surface area contributed by atoms with Crippen LogP contribution in [0.15, 0.2) is 54.1 Å². The van der Waals surface area contributed by atoms with Crippen molar-refractivity contribution in [3.05, 3.63) is 65.2 Å². The normalized spacial score (nSPS) is 18.4. The quantitative estimate of drug-likeness (QED) is 0.569. The van der Waals surface area contributed by atoms with E-state index in [0.717, 1.165) is 31.2 Å². The number of carbonyl (C=O) groups excluding carboxylic acids is 3. The van der Waals surface area contributed by atoms with Gasteiger partial charge < -0.3 is 9.47 Å². The summed E-state index contributed by atoms with van der Waals surface area (Å²) in [5.74, 6) is -0.204. The number of hydrogen-bond donors (Lipinski definition) is 1. The molecule has 2 fully saturated rings. The Morgan fingerprint density at radius 1 is 1.03 bits per heavy atom. The molecular weight excluding hydrogens is 396 g/mol. The molecule has 4 rings (SSSR count). The van der Waals surface area contributed by atoms with Crippen LogP contribution in [0.2, 0.25) is 0 Å². The second-order valence-corrected chi connectivity index (χ2v) is 7.62. The summed E-state index contributed by atoms with van der Waals surface area (Å²) < 4.78 is 11.3. The highest BCUT2D eigenvalue weighted by molar-refractivity contribution is 6.31. The van der Waals surface area contributed by atoms with Gasteiger partial charge in [0.25, 0.3) is 11.8 Å². The van der Waals surface area contributed by atoms with Crippen LogP contribution in [0, 0.1) is 0 Å². The molecular formula is C24H24N2O5. The number of ether oxygens (including phenoxy) is 2. The highest BCUT2D eigenvalue weighted by atomic mass is 16.5. The summed E-state index contributed by atoms with van der Waals surface area (Å²) in [6, 6.07) is 14.1. The summed E-state index contributed by atoms with van der Waals surface area (Å²) in [5, 5.41) is 2.29. The van der Waals surface area contributed by atoms with Gasteiger partial charge in [-0.05, 0) is 42.2 Å². The van der Waals surface area contributed by atoms with Crippen LogP contribution in [0.5, 0.6) is 11.5 Å². The molecule has 0 unspecified atom stereocenters. The number of barbiturate groups is 1. The zero-order valence-corrected chi connectivity index (χ0v) is 17.3. The fourth-order valence-corrected chi connectivity index (χ4v) is 3.96. The number of nitrogens with one attached hydrogen (secondary N) is 1. The highest BCUT2D eigenvalue weighted by Crippen LogP contribution is 2.31. The number of methoxy groups -OCH3 is 1. The predicted octanol–water partition coefficient (Wildman–Crippen LogP) is 3.68. The molecule has 0 atom stereocenters. The molecule has 4 amide bonds. The number of hydrogen-bond acceptors (Lipinski definition) is 5. The molecule has 2 aromatic carbocycles. The SMILES string of the molecule is COc1cc(/C=C2\C(=O)NC(=O)N(C3CCCC3)C2=O)ccc1OCc1ccccc1. The summed E-state index contributed by atoms with van der Waals surface area (Å²) in [6.07, 6.45) is 4.95. The summed E-state index contributed by atoms with van der Waals surface area (Å²) in [4.78, 5) is 38.7. The van der Waals surface area contributed by atoms with Crippen molar-refractivity contribution in [1.29, 1.82) is 0 Å². The van der Waals surface area contributed by atoms with Gasteiger partial charge in [0.15, 0.2) is 11.5 Å². The van der Waals surface area contributed by atoms with Crippen LogP contribution in [0.25, 0.3) is 6.08 Å². The first-order valence-corrected chi connectivity index (χ1v) is 10.3. The molecule has 1 saturated carbocycles. The van der Waals surface area contributed by atoms with Gasteiger partial charge in [-0.25, -0.2) is 4.79 Å². The van der Waals surface area contributed by atoms with Crippen LogP contribution in [0.3, 0.4) is 0 Å². The van der Waals surface area contributed by atoms with Crippen molar-refractivity contribution >= 4 is 23.9 Å². The van der Waals surface area contributed by atoms with Crippen molar-refractivity contribution < 1.29 is 23.9 Å². The molecule has 0 bridgehead atoms. The first-order valence-electron chi connectivity index (χ1n) is 10.3. The standard InChI is InChI=1S/C24H24N2O5/c1-30-21-14-17(11-12-20(21)31-15-16-7-3-2-4-8-16)13-19-22(27)25-24(29)26(23(19)28)18-9-5-6-10-18/h2-4,7-8,11-14,18H,5-6,9-10,15H2,1H3,(H,25,27,29)/b19-13+. The topological polar surface area (TPSA) is 84.9 Å². The number of urea groups is 1. The Labute approximate surface area is 180 Å². The molecule has 0 spiro atoms. The maximum atomic E-state index is 12.9. The molecule has 31 heavy (non-hydrogen) atoms. The van der Waals surface area contributed by atoms with E-state index >= 15 is 0 Å². The molecule has 2 aromatic rings. The lowest BCUT2D eigenvalue weighted by Gasteiger charge is -2.31. The lowest BCUT2D eigenvalue weighted by atomic mass is 10.0. The van der Waals surface area contributed by atoms with E-state index in [1.165, 1.54) is 18.1 Å². The maximum Gasteiger partial charge on any atom is 0.331 e. The number of amides is 4. The minimum atomic E-state index is -0.687. The molecule has 1 heterocycles. The van der Waals surface area contributed by atoms with Gasteiger partial charge >= 0.3 is 6.03 Å². The van der Waals surface area contributed by atoms with Gasteiger partial charge in [-0.15, -0.1) is 0 Å². The number of benzene rings is 2. The van der Waals surface area contributed by atoms with Crippen LogP contribution in [-0.4, -0.2) is 35.9 Å². The Bertz CT molecular complexity index is 1030. The van der Waals surface area contributed by atoms with Crippen LogP contribution in [0.4, 0.5) is 4.79 Å². The van der Waals surface area contributed by atoms with Crippen LogP contribution in [-0.2, 0) is 16.2 Å². The van der Waals surface area contributed by atoms with E-state index in [4.69, 9.17) is 9.47 Å². The van der Waals surface area contributed by atoms with Gasteiger partial charge in [0.05, 0.1) is 7.11 Å². The first kappa shape index (κ1) is 20.7. The molecule has 1 N–H and O–H groups in total. The fourth-order valence-electron chi connectivity index (χ4n) is 3.96. The molecule has 160 valence electrons. The summed E-state index contributed by atoms with van der Waals surface area (Å²) in [7, 11) is 1.53. The molecule has 1 saturated heterocycles. The lowest BCUT2D eigenvalue weighted by molar-refractivity contribution is -0.131. The summed E-state index contributed by atoms with van der Waals surface area (Å²) >= 11 is 0. The average Bonchev–Trinajstić information content (AvgIpc) is 3.30. The Hall–Kier alpha value is -3.61. The fraction of sp³-hybridized carbons (Fsp3) is 0.292. The van der Waals surface area contributed by atoms with E-state index in [1.54, 1.807) is 18.2 Å². The Kier molecular flexibility index (Phi) is 6.02. The van der Waals surface area contributed by atoms with E-state index in [1.807, 2.05) is 30.3 Å². The van der Waals surface area contributed by atoms with Gasteiger partial charge in [0.2, 0.25) is 0 Å². The molecule has 1 aliphatic heterocycles. The van der Waals surface area contributed by atoms with Gasteiger partial charge in [0.1, 0.15) is 12.2 Å². The van der Waals surface area contributed by atoms with Crippen LogP contribution >= 0.6 is 0 Å². The van der Waals surface area contributed by atoms with Gasteiger partial charge in [-0.3, -0.25) is 19.8 Å². The second-order valence-electron chi connectivity index (χ2n) is 7.62. The monoisotopic (exact) mass is 420 g/mol. The largest absolute Gasteiger partial charge is 0.493 e. The minimum absolute atomic E-state index is 0.0634. The zero-order valence-electron chi connectivity index (χ0n) is 17.3. The first-order chi connectivity index (χ1) is 15.1. The third kappa shape index (κ3) is 4.45. The van der Waals surface area contributed by atoms with Gasteiger partial charge in [0, 0.05) is 6.04 Å². The summed E-state index contributed by atoms with van der Waals surface area (Å²) in [6.45, 7) is 0.386. The van der Waals surface area contributed by atoms with E-state index in [9.17, 15) is 14.4 Å². The van der Waals surface area contributed by atoms with E-state index in [-0.39, 0.29) is 11.6 Å². The number of imide groups is 2. The van der Waals surface area contributed by atoms with Crippen LogP contribution < -0.4 is 14.8 Å². The molecule has 2 aliphatic rings. The lowest BCUT2D eigenvalue weighted by Crippen LogP contribution is -2.57. The number of nitrogens with zero attached hydrogens (tertiary/aromatic N) is 1. The predicted molar refractivity (Wildman–Crippen MR) is 114 cm³/mol. The van der Waals surface area contributed by atoms with Gasteiger partial charge in [-0.2, -0.15) is 0 Å². The third-order valence-electron chi connectivity index (χ3n) is 5.56. The second kappa shape index (κ2) is 9.04. The van der Waals surface area contributed by atoms with Crippen molar-refractivity contribution in [3.8, 4) is 11.5 Å². The van der Waals surface area contributed by atoms with Crippen molar-refractivity contribution in [1.82, 2.24) is 10.2 Å². The van der Waals surface area contributed by atoms with E-state index < -0.39 is 17.8 Å². The Morgan fingerprint density at radius 2 is 1.77 bits per heavy atom. The maximum absolute atomic E-state index is 12.9. The molecule has 7 heteroatoms. The number of carbonyl (C=O) groups is 3. The van der Waals surface area contributed by atoms with Crippen LogP contribution in [0.1, 0.15) is 36.8 Å². The smallest absolute Gasteiger partial charge is 0.331 e. The Balaban J connectivity index is 1.56. The molecule has 0 aromatic heterocycles. The highest BCUT2D eigenvalue weighted by Gasteiger charge is 2.40. The zero-order chi connectivity index (χ0) is 21.8. The average molecular weight is 420 g/mol. The third-order valence-corrected chi connectivity index (χ3v) is 5.56. The van der Waals surface area contributed by atoms with Crippen molar-refractivity contribution in [2.45, 2.75) is 38.3 Å². The Morgan fingerprint density at radius 3 is 2.48 bits per heavy atom. The van der Waals surface area contributed by atoms with Crippen molar-refractivity contribution in [2.75, 3.05) is 7.11 Å². The molecule has 0 radical (unpaired) electrons. The van der Waals surface area contributed by atoms with Gasteiger partial charge in [-0.1, -0.05) is 49.2 Å². The minimum Gasteiger partial charge on any atom is -0.493 e. The van der Waals surface area contributed by atoms with E-state index in [2.05, 4.69) is 5.32 Å². The summed E-state index contributed by atoms with van der Waals surface area (Å²) in [5.41, 5.74) is 1.56. The molecule has 1 aliphatic carbocycles. The number of rotatable bonds is 6. The van der Waals surface area contributed by atoms with Crippen molar-refractivity contribution in [2.24, 2.45) is 0 Å². The van der Waals surface area contributed by atoms with Crippen molar-refractivity contribution in [3.63, 3.8) is 0 Å². The van der Waals surface area contributed by atoms with E-state index in [0.29, 0.717) is 23.7 Å². The molecule has 7 nitrogen and oxygen atoms in total.